The first-order valence-electron chi connectivity index (χ1n) is 6.05. The van der Waals surface area contributed by atoms with Crippen LogP contribution in [0.1, 0.15) is 15.9 Å². The lowest BCUT2D eigenvalue weighted by Crippen LogP contribution is -2.15. The van der Waals surface area contributed by atoms with Crippen LogP contribution in [0.4, 0.5) is 5.95 Å². The molecular weight excluding hydrogens is 272 g/mol. The summed E-state index contributed by atoms with van der Waals surface area (Å²) in [4.78, 5) is 12.2. The van der Waals surface area contributed by atoms with E-state index in [2.05, 4.69) is 15.5 Å². The van der Waals surface area contributed by atoms with Crippen LogP contribution >= 0.6 is 11.3 Å². The van der Waals surface area contributed by atoms with E-state index >= 15 is 0 Å². The minimum absolute atomic E-state index is 0.172. The highest BCUT2D eigenvalue weighted by molar-refractivity contribution is 7.08. The summed E-state index contributed by atoms with van der Waals surface area (Å²) in [5, 5.41) is 14.4. The maximum Gasteiger partial charge on any atom is 0.259 e. The Kier molecular flexibility index (Phi) is 3.30. The predicted octanol–water partition coefficient (Wildman–Crippen LogP) is 2.89. The lowest BCUT2D eigenvalue weighted by molar-refractivity contribution is 0.102. The first-order valence-corrected chi connectivity index (χ1v) is 6.99. The summed E-state index contributed by atoms with van der Waals surface area (Å²) in [5.41, 5.74) is 2.52. The molecular formula is C14H12N4OS. The van der Waals surface area contributed by atoms with Crippen LogP contribution in [-0.2, 0) is 0 Å². The zero-order valence-corrected chi connectivity index (χ0v) is 11.6. The van der Waals surface area contributed by atoms with Crippen molar-refractivity contribution >= 4 is 23.2 Å². The third-order valence-corrected chi connectivity index (χ3v) is 3.77. The number of hydrogen-bond donors (Lipinski definition) is 1. The van der Waals surface area contributed by atoms with E-state index in [1.54, 1.807) is 10.9 Å². The van der Waals surface area contributed by atoms with Gasteiger partial charge in [0.05, 0.1) is 11.3 Å². The second-order valence-corrected chi connectivity index (χ2v) is 5.03. The van der Waals surface area contributed by atoms with E-state index in [-0.39, 0.29) is 5.91 Å². The third kappa shape index (κ3) is 2.33. The molecule has 0 unspecified atom stereocenters. The summed E-state index contributed by atoms with van der Waals surface area (Å²) < 4.78 is 1.74. The number of nitrogens with one attached hydrogen (secondary N) is 1. The normalized spacial score (nSPS) is 10.4. The largest absolute Gasteiger partial charge is 0.290 e. The minimum atomic E-state index is -0.172. The molecule has 100 valence electrons. The Morgan fingerprint density at radius 3 is 2.75 bits per heavy atom. The molecule has 2 aromatic heterocycles. The number of aromatic nitrogens is 3. The summed E-state index contributed by atoms with van der Waals surface area (Å²) in [5.74, 6) is 0.237. The molecule has 5 nitrogen and oxygen atoms in total. The average molecular weight is 284 g/mol. The Balaban J connectivity index is 1.88. The van der Waals surface area contributed by atoms with Gasteiger partial charge in [-0.3, -0.25) is 14.7 Å². The number of rotatable bonds is 3. The number of para-hydroxylation sites is 1. The number of carbonyl (C=O) groups excluding carboxylic acids is 1. The van der Waals surface area contributed by atoms with Crippen molar-refractivity contribution in [3.05, 3.63) is 58.5 Å². The number of hydrogen-bond acceptors (Lipinski definition) is 4. The summed E-state index contributed by atoms with van der Waals surface area (Å²) in [6, 6.07) is 9.62. The monoisotopic (exact) mass is 284 g/mol. The van der Waals surface area contributed by atoms with Crippen LogP contribution in [0.5, 0.6) is 0 Å². The molecule has 3 aromatic rings. The molecule has 0 saturated carbocycles. The first-order chi connectivity index (χ1) is 9.75. The maximum absolute atomic E-state index is 12.2. The molecule has 1 amide bonds. The van der Waals surface area contributed by atoms with E-state index in [1.165, 1.54) is 11.3 Å². The third-order valence-electron chi connectivity index (χ3n) is 2.91. The zero-order chi connectivity index (χ0) is 13.9. The second kappa shape index (κ2) is 5.26. The van der Waals surface area contributed by atoms with E-state index in [0.717, 1.165) is 11.3 Å². The number of anilines is 1. The molecule has 3 rings (SSSR count). The Bertz CT molecular complexity index is 732. The van der Waals surface area contributed by atoms with Gasteiger partial charge in [0.1, 0.15) is 6.33 Å². The zero-order valence-electron chi connectivity index (χ0n) is 10.8. The molecule has 0 aliphatic carbocycles. The summed E-state index contributed by atoms with van der Waals surface area (Å²) in [6.45, 7) is 1.91. The highest BCUT2D eigenvalue weighted by atomic mass is 32.1. The number of thiophene rings is 1. The van der Waals surface area contributed by atoms with E-state index < -0.39 is 0 Å². The number of amides is 1. The molecule has 0 aliphatic heterocycles. The fourth-order valence-corrected chi connectivity index (χ4v) is 2.69. The molecule has 0 saturated heterocycles. The van der Waals surface area contributed by atoms with Crippen molar-refractivity contribution in [2.45, 2.75) is 6.92 Å². The van der Waals surface area contributed by atoms with Crippen molar-refractivity contribution in [2.24, 2.45) is 0 Å². The van der Waals surface area contributed by atoms with Gasteiger partial charge in [-0.1, -0.05) is 18.2 Å². The van der Waals surface area contributed by atoms with Crippen LogP contribution in [0.2, 0.25) is 0 Å². The highest BCUT2D eigenvalue weighted by Crippen LogP contribution is 2.17. The Morgan fingerprint density at radius 1 is 1.25 bits per heavy atom. The Hall–Kier alpha value is -2.47. The molecule has 1 N–H and O–H groups in total. The molecule has 20 heavy (non-hydrogen) atoms. The average Bonchev–Trinajstić information content (AvgIpc) is 3.08. The van der Waals surface area contributed by atoms with Gasteiger partial charge in [0.25, 0.3) is 5.91 Å². The molecule has 0 radical (unpaired) electrons. The van der Waals surface area contributed by atoms with Gasteiger partial charge < -0.3 is 0 Å². The molecule has 0 spiro atoms. The van der Waals surface area contributed by atoms with Crippen LogP contribution in [-0.4, -0.2) is 20.7 Å². The van der Waals surface area contributed by atoms with Crippen molar-refractivity contribution in [1.82, 2.24) is 14.8 Å². The predicted molar refractivity (Wildman–Crippen MR) is 78.4 cm³/mol. The number of nitrogens with zero attached hydrogens (tertiary/aromatic N) is 3. The van der Waals surface area contributed by atoms with Crippen LogP contribution in [0.25, 0.3) is 5.69 Å². The molecule has 0 fully saturated rings. The molecule has 1 aromatic carbocycles. The van der Waals surface area contributed by atoms with Crippen LogP contribution in [0, 0.1) is 6.92 Å². The smallest absolute Gasteiger partial charge is 0.259 e. The van der Waals surface area contributed by atoms with Crippen molar-refractivity contribution < 1.29 is 4.79 Å². The van der Waals surface area contributed by atoms with Crippen LogP contribution in [0.15, 0.2) is 47.4 Å². The van der Waals surface area contributed by atoms with Crippen LogP contribution < -0.4 is 5.32 Å². The lowest BCUT2D eigenvalue weighted by Gasteiger charge is -2.07. The van der Waals surface area contributed by atoms with Gasteiger partial charge in [0, 0.05) is 5.38 Å². The van der Waals surface area contributed by atoms with E-state index in [1.807, 2.05) is 48.0 Å². The number of carbonyl (C=O) groups is 1. The molecule has 2 heterocycles. The van der Waals surface area contributed by atoms with E-state index in [0.29, 0.717) is 11.5 Å². The molecule has 0 aliphatic rings. The van der Waals surface area contributed by atoms with Gasteiger partial charge in [-0.2, -0.15) is 11.3 Å². The van der Waals surface area contributed by atoms with Crippen molar-refractivity contribution in [2.75, 3.05) is 5.32 Å². The van der Waals surface area contributed by atoms with Gasteiger partial charge in [0.15, 0.2) is 0 Å². The SMILES string of the molecule is Cc1cscc1C(=O)Nc1nncn1-c1ccccc1. The maximum atomic E-state index is 12.2. The van der Waals surface area contributed by atoms with Gasteiger partial charge in [-0.25, -0.2) is 0 Å². The molecule has 0 atom stereocenters. The van der Waals surface area contributed by atoms with Crippen molar-refractivity contribution in [3.63, 3.8) is 0 Å². The van der Waals surface area contributed by atoms with Crippen molar-refractivity contribution in [1.29, 1.82) is 0 Å². The highest BCUT2D eigenvalue weighted by Gasteiger charge is 2.14. The topological polar surface area (TPSA) is 59.8 Å². The molecule has 6 heteroatoms. The standard InChI is InChI=1S/C14H12N4OS/c1-10-7-20-8-12(10)13(19)16-14-17-15-9-18(14)11-5-3-2-4-6-11/h2-9H,1H3,(H,16,17,19). The Morgan fingerprint density at radius 2 is 2.05 bits per heavy atom. The second-order valence-electron chi connectivity index (χ2n) is 4.28. The van der Waals surface area contributed by atoms with Crippen LogP contribution in [0.3, 0.4) is 0 Å². The first kappa shape index (κ1) is 12.6. The summed E-state index contributed by atoms with van der Waals surface area (Å²) in [7, 11) is 0. The van der Waals surface area contributed by atoms with Gasteiger partial charge in [-0.15, -0.1) is 10.2 Å². The van der Waals surface area contributed by atoms with Gasteiger partial charge in [0.2, 0.25) is 5.95 Å². The van der Waals surface area contributed by atoms with Crippen molar-refractivity contribution in [3.8, 4) is 5.69 Å². The minimum Gasteiger partial charge on any atom is -0.290 e. The van der Waals surface area contributed by atoms with E-state index in [9.17, 15) is 4.79 Å². The molecule has 0 bridgehead atoms. The quantitative estimate of drug-likeness (QED) is 0.804. The van der Waals surface area contributed by atoms with E-state index in [4.69, 9.17) is 0 Å². The fraction of sp³-hybridized carbons (Fsp3) is 0.0714. The van der Waals surface area contributed by atoms with Gasteiger partial charge in [-0.05, 0) is 30.0 Å². The summed E-state index contributed by atoms with van der Waals surface area (Å²) >= 11 is 1.50. The summed E-state index contributed by atoms with van der Waals surface area (Å²) in [6.07, 6.45) is 1.57. The number of benzene rings is 1. The lowest BCUT2D eigenvalue weighted by atomic mass is 10.2. The fourth-order valence-electron chi connectivity index (χ4n) is 1.86. The Labute approximate surface area is 119 Å². The number of aryl methyl sites for hydroxylation is 1. The van der Waals surface area contributed by atoms with Gasteiger partial charge >= 0.3 is 0 Å².